The number of hydrogen-bond donors (Lipinski definition) is 0. The lowest BCUT2D eigenvalue weighted by Crippen LogP contribution is -2.46. The van der Waals surface area contributed by atoms with Crippen molar-refractivity contribution >= 4 is 5.91 Å². The Hall–Kier alpha value is -0.570. The Kier molecular flexibility index (Phi) is 1.88. The number of ether oxygens (including phenoxy) is 1. The molecule has 2 heterocycles. The van der Waals surface area contributed by atoms with Crippen LogP contribution >= 0.6 is 0 Å². The summed E-state index contributed by atoms with van der Waals surface area (Å²) in [6.07, 6.45) is 1.36. The second-order valence-corrected chi connectivity index (χ2v) is 5.05. The Morgan fingerprint density at radius 2 is 2.15 bits per heavy atom. The van der Waals surface area contributed by atoms with E-state index in [0.717, 1.165) is 19.6 Å². The summed E-state index contributed by atoms with van der Waals surface area (Å²) in [4.78, 5) is 13.9. The Morgan fingerprint density at radius 3 is 2.54 bits per heavy atom. The average molecular weight is 183 g/mol. The van der Waals surface area contributed by atoms with Gasteiger partial charge < -0.3 is 9.64 Å². The molecule has 0 aromatic carbocycles. The number of morpholine rings is 1. The zero-order valence-electron chi connectivity index (χ0n) is 8.54. The molecule has 2 aliphatic rings. The number of nitrogens with zero attached hydrogens (tertiary/aromatic N) is 1. The predicted octanol–water partition coefficient (Wildman–Crippen LogP) is 1.03. The smallest absolute Gasteiger partial charge is 0.228 e. The fraction of sp³-hybridized carbons (Fsp3) is 0.900. The standard InChI is InChI=1S/C10H17NO2/c1-10(2,3)9(12)11-5-8-4-7(11)6-13-8/h7-8H,4-6H2,1-3H3. The number of rotatable bonds is 0. The van der Waals surface area contributed by atoms with E-state index in [1.807, 2.05) is 25.7 Å². The van der Waals surface area contributed by atoms with Crippen molar-refractivity contribution in [3.05, 3.63) is 0 Å². The zero-order valence-corrected chi connectivity index (χ0v) is 8.54. The first-order chi connectivity index (χ1) is 5.98. The molecule has 3 heteroatoms. The fourth-order valence-corrected chi connectivity index (χ4v) is 2.08. The second kappa shape index (κ2) is 2.71. The van der Waals surface area contributed by atoms with Crippen LogP contribution in [-0.2, 0) is 9.53 Å². The van der Waals surface area contributed by atoms with Gasteiger partial charge in [0.15, 0.2) is 0 Å². The number of carbonyl (C=O) groups excluding carboxylic acids is 1. The SMILES string of the molecule is CC(C)(C)C(=O)N1CC2CC1CO2. The normalized spacial score (nSPS) is 32.7. The molecule has 3 nitrogen and oxygen atoms in total. The molecule has 2 unspecified atom stereocenters. The molecule has 0 saturated carbocycles. The lowest BCUT2D eigenvalue weighted by Gasteiger charge is -2.32. The molecule has 74 valence electrons. The van der Waals surface area contributed by atoms with Crippen LogP contribution in [0.15, 0.2) is 0 Å². The van der Waals surface area contributed by atoms with Crippen molar-refractivity contribution in [1.82, 2.24) is 4.90 Å². The van der Waals surface area contributed by atoms with Gasteiger partial charge in [-0.2, -0.15) is 0 Å². The molecule has 2 bridgehead atoms. The van der Waals surface area contributed by atoms with Gasteiger partial charge in [-0.05, 0) is 6.42 Å². The molecule has 0 aliphatic carbocycles. The molecule has 13 heavy (non-hydrogen) atoms. The Labute approximate surface area is 79.0 Å². The van der Waals surface area contributed by atoms with Gasteiger partial charge in [0.1, 0.15) is 0 Å². The van der Waals surface area contributed by atoms with Crippen molar-refractivity contribution in [1.29, 1.82) is 0 Å². The molecule has 0 spiro atoms. The molecular weight excluding hydrogens is 166 g/mol. The van der Waals surface area contributed by atoms with Gasteiger partial charge in [0.05, 0.1) is 18.8 Å². The van der Waals surface area contributed by atoms with E-state index in [-0.39, 0.29) is 11.3 Å². The highest BCUT2D eigenvalue weighted by atomic mass is 16.5. The topological polar surface area (TPSA) is 29.5 Å². The van der Waals surface area contributed by atoms with Crippen molar-refractivity contribution in [3.63, 3.8) is 0 Å². The highest BCUT2D eigenvalue weighted by Gasteiger charge is 2.43. The molecule has 0 aromatic rings. The Balaban J connectivity index is 2.07. The van der Waals surface area contributed by atoms with E-state index >= 15 is 0 Å². The lowest BCUT2D eigenvalue weighted by molar-refractivity contribution is -0.144. The first-order valence-electron chi connectivity index (χ1n) is 4.91. The zero-order chi connectivity index (χ0) is 9.64. The van der Waals surface area contributed by atoms with Crippen molar-refractivity contribution in [3.8, 4) is 0 Å². The molecule has 2 saturated heterocycles. The van der Waals surface area contributed by atoms with Crippen LogP contribution < -0.4 is 0 Å². The number of likely N-dealkylation sites (tertiary alicyclic amines) is 1. The fourth-order valence-electron chi connectivity index (χ4n) is 2.08. The number of amides is 1. The van der Waals surface area contributed by atoms with Gasteiger partial charge >= 0.3 is 0 Å². The summed E-state index contributed by atoms with van der Waals surface area (Å²) in [7, 11) is 0. The van der Waals surface area contributed by atoms with Crippen LogP contribution in [0, 0.1) is 5.41 Å². The molecule has 2 rings (SSSR count). The Morgan fingerprint density at radius 1 is 1.46 bits per heavy atom. The quantitative estimate of drug-likeness (QED) is 0.561. The van der Waals surface area contributed by atoms with Crippen LogP contribution in [0.25, 0.3) is 0 Å². The second-order valence-electron chi connectivity index (χ2n) is 5.05. The maximum Gasteiger partial charge on any atom is 0.228 e. The van der Waals surface area contributed by atoms with Crippen molar-refractivity contribution in [2.45, 2.75) is 39.3 Å². The van der Waals surface area contributed by atoms with E-state index in [2.05, 4.69) is 0 Å². The third kappa shape index (κ3) is 1.46. The van der Waals surface area contributed by atoms with Crippen LogP contribution in [0.4, 0.5) is 0 Å². The largest absolute Gasteiger partial charge is 0.374 e. The number of hydrogen-bond acceptors (Lipinski definition) is 2. The Bertz CT molecular complexity index is 232. The molecule has 0 aromatic heterocycles. The average Bonchev–Trinajstić information content (AvgIpc) is 2.60. The molecule has 0 radical (unpaired) electrons. The van der Waals surface area contributed by atoms with Gasteiger partial charge in [-0.3, -0.25) is 4.79 Å². The third-order valence-electron chi connectivity index (χ3n) is 2.80. The van der Waals surface area contributed by atoms with E-state index in [0.29, 0.717) is 12.1 Å². The van der Waals surface area contributed by atoms with Gasteiger partial charge in [0.25, 0.3) is 0 Å². The van der Waals surface area contributed by atoms with Gasteiger partial charge in [-0.25, -0.2) is 0 Å². The van der Waals surface area contributed by atoms with Crippen LogP contribution in [0.1, 0.15) is 27.2 Å². The predicted molar refractivity (Wildman–Crippen MR) is 49.3 cm³/mol. The maximum atomic E-state index is 11.9. The summed E-state index contributed by atoms with van der Waals surface area (Å²) in [5.41, 5.74) is -0.246. The van der Waals surface area contributed by atoms with E-state index < -0.39 is 0 Å². The molecule has 1 amide bonds. The summed E-state index contributed by atoms with van der Waals surface area (Å²) in [5, 5.41) is 0. The highest BCUT2D eigenvalue weighted by molar-refractivity contribution is 5.82. The summed E-state index contributed by atoms with van der Waals surface area (Å²) >= 11 is 0. The molecule has 2 atom stereocenters. The molecule has 2 aliphatic heterocycles. The van der Waals surface area contributed by atoms with Crippen LogP contribution in [0.5, 0.6) is 0 Å². The van der Waals surface area contributed by atoms with Crippen molar-refractivity contribution < 1.29 is 9.53 Å². The van der Waals surface area contributed by atoms with Gasteiger partial charge in [-0.1, -0.05) is 20.8 Å². The van der Waals surface area contributed by atoms with E-state index in [1.165, 1.54) is 0 Å². The maximum absolute atomic E-state index is 11.9. The van der Waals surface area contributed by atoms with E-state index in [4.69, 9.17) is 4.74 Å². The van der Waals surface area contributed by atoms with Crippen molar-refractivity contribution in [2.75, 3.05) is 13.2 Å². The van der Waals surface area contributed by atoms with Crippen LogP contribution in [-0.4, -0.2) is 36.1 Å². The highest BCUT2D eigenvalue weighted by Crippen LogP contribution is 2.31. The molecule has 0 N–H and O–H groups in total. The van der Waals surface area contributed by atoms with Gasteiger partial charge in [0, 0.05) is 12.0 Å². The lowest BCUT2D eigenvalue weighted by atomic mass is 9.94. The summed E-state index contributed by atoms with van der Waals surface area (Å²) in [6.45, 7) is 7.47. The monoisotopic (exact) mass is 183 g/mol. The minimum atomic E-state index is -0.246. The first-order valence-corrected chi connectivity index (χ1v) is 4.91. The summed E-state index contributed by atoms with van der Waals surface area (Å²) < 4.78 is 5.45. The minimum Gasteiger partial charge on any atom is -0.374 e. The number of fused-ring (bicyclic) bond motifs is 2. The molecular formula is C10H17NO2. The van der Waals surface area contributed by atoms with Gasteiger partial charge in [0.2, 0.25) is 5.91 Å². The number of carbonyl (C=O) groups is 1. The summed E-state index contributed by atoms with van der Waals surface area (Å²) in [5.74, 6) is 0.267. The first kappa shape index (κ1) is 9.00. The van der Waals surface area contributed by atoms with E-state index in [1.54, 1.807) is 0 Å². The van der Waals surface area contributed by atoms with Gasteiger partial charge in [-0.15, -0.1) is 0 Å². The molecule has 2 fully saturated rings. The third-order valence-corrected chi connectivity index (χ3v) is 2.80. The minimum absolute atomic E-state index is 0.246. The van der Waals surface area contributed by atoms with E-state index in [9.17, 15) is 4.79 Å². The van der Waals surface area contributed by atoms with Crippen molar-refractivity contribution in [2.24, 2.45) is 5.41 Å². The summed E-state index contributed by atoms with van der Waals surface area (Å²) in [6, 6.07) is 0.358. The van der Waals surface area contributed by atoms with Crippen LogP contribution in [0.2, 0.25) is 0 Å². The van der Waals surface area contributed by atoms with Crippen LogP contribution in [0.3, 0.4) is 0 Å².